The van der Waals surface area contributed by atoms with Crippen LogP contribution in [0, 0.1) is 17.5 Å². The number of allylic oxidation sites excluding steroid dienone is 1. The van der Waals surface area contributed by atoms with Crippen LogP contribution in [0.5, 0.6) is 0 Å². The van der Waals surface area contributed by atoms with Gasteiger partial charge in [-0.25, -0.2) is 13.2 Å². The third-order valence-corrected chi connectivity index (χ3v) is 7.21. The highest BCUT2D eigenvalue weighted by Gasteiger charge is 2.23. The van der Waals surface area contributed by atoms with Crippen LogP contribution in [-0.2, 0) is 15.9 Å². The van der Waals surface area contributed by atoms with E-state index in [1.807, 2.05) is 25.1 Å². The molecule has 0 unspecified atom stereocenters. The molecule has 3 aromatic rings. The highest BCUT2D eigenvalue weighted by atomic mass is 19.2. The molecule has 1 heterocycles. The summed E-state index contributed by atoms with van der Waals surface area (Å²) in [5.41, 5.74) is 3.13. The Bertz CT molecular complexity index is 1210. The first kappa shape index (κ1) is 28.1. The number of rotatable bonds is 11. The zero-order valence-corrected chi connectivity index (χ0v) is 22.3. The summed E-state index contributed by atoms with van der Waals surface area (Å²) in [6, 6.07) is 15.4. The minimum Gasteiger partial charge on any atom is -0.348 e. The van der Waals surface area contributed by atoms with Crippen LogP contribution in [0.15, 0.2) is 66.7 Å². The van der Waals surface area contributed by atoms with Gasteiger partial charge in [0.2, 0.25) is 0 Å². The third kappa shape index (κ3) is 6.95. The molecule has 0 saturated carbocycles. The van der Waals surface area contributed by atoms with Crippen molar-refractivity contribution in [2.75, 3.05) is 13.2 Å². The largest absolute Gasteiger partial charge is 0.348 e. The molecule has 0 spiro atoms. The van der Waals surface area contributed by atoms with Gasteiger partial charge in [-0.2, -0.15) is 0 Å². The molecule has 1 saturated heterocycles. The van der Waals surface area contributed by atoms with E-state index < -0.39 is 11.6 Å². The fourth-order valence-electron chi connectivity index (χ4n) is 4.93. The molecule has 4 rings (SSSR count). The smallest absolute Gasteiger partial charge is 0.176 e. The summed E-state index contributed by atoms with van der Waals surface area (Å²) < 4.78 is 56.1. The third-order valence-electron chi connectivity index (χ3n) is 7.21. The molecule has 0 atom stereocenters. The molecule has 1 fully saturated rings. The fraction of sp³-hybridized carbons (Fsp3) is 0.394. The molecule has 0 amide bonds. The summed E-state index contributed by atoms with van der Waals surface area (Å²) in [5, 5.41) is 0. The first-order chi connectivity index (χ1) is 18.5. The van der Waals surface area contributed by atoms with Gasteiger partial charge in [0, 0.05) is 17.0 Å². The standard InChI is InChI=1S/C33H37F3O2/c1-3-5-6-7-8-9-11-25-16-19-29(33(36)32(25)35)24-14-12-23(13-15-24)28-18-17-26(20-30(28)34)27-21-37-31(10-4-2)38-22-27/h4,10,12-20,27,31H,3,5-9,11,21-22H2,1-2H3/b10-4+. The molecule has 0 aliphatic carbocycles. The molecule has 202 valence electrons. The number of ether oxygens (including phenoxy) is 2. The molecule has 3 aromatic carbocycles. The predicted molar refractivity (Wildman–Crippen MR) is 148 cm³/mol. The van der Waals surface area contributed by atoms with E-state index >= 15 is 4.39 Å². The Labute approximate surface area is 224 Å². The normalized spacial score (nSPS) is 17.8. The van der Waals surface area contributed by atoms with Crippen LogP contribution in [0.25, 0.3) is 22.3 Å². The summed E-state index contributed by atoms with van der Waals surface area (Å²) in [6.45, 7) is 5.00. The number of aryl methyl sites for hydroxylation is 1. The summed E-state index contributed by atoms with van der Waals surface area (Å²) in [5.74, 6) is -1.98. The molecule has 1 aliphatic heterocycles. The van der Waals surface area contributed by atoms with Gasteiger partial charge in [0.15, 0.2) is 17.9 Å². The van der Waals surface area contributed by atoms with E-state index in [0.717, 1.165) is 24.8 Å². The number of halogens is 3. The Kier molecular flexibility index (Phi) is 10.2. The molecule has 0 radical (unpaired) electrons. The Morgan fingerprint density at radius 2 is 1.39 bits per heavy atom. The molecule has 38 heavy (non-hydrogen) atoms. The molecule has 5 heteroatoms. The second-order valence-corrected chi connectivity index (χ2v) is 9.99. The maximum atomic E-state index is 15.1. The molecule has 0 bridgehead atoms. The molecule has 0 aromatic heterocycles. The van der Waals surface area contributed by atoms with Gasteiger partial charge >= 0.3 is 0 Å². The number of hydrogen-bond acceptors (Lipinski definition) is 2. The molecular weight excluding hydrogens is 485 g/mol. The second-order valence-electron chi connectivity index (χ2n) is 9.99. The average molecular weight is 523 g/mol. The lowest BCUT2D eigenvalue weighted by atomic mass is 9.94. The van der Waals surface area contributed by atoms with Crippen molar-refractivity contribution in [3.05, 3.63) is 95.3 Å². The minimum atomic E-state index is -0.828. The highest BCUT2D eigenvalue weighted by molar-refractivity contribution is 5.71. The van der Waals surface area contributed by atoms with Crippen molar-refractivity contribution >= 4 is 0 Å². The Balaban J connectivity index is 1.41. The lowest BCUT2D eigenvalue weighted by Gasteiger charge is -2.28. The lowest BCUT2D eigenvalue weighted by Crippen LogP contribution is -2.29. The lowest BCUT2D eigenvalue weighted by molar-refractivity contribution is -0.159. The quantitative estimate of drug-likeness (QED) is 0.184. The SMILES string of the molecule is C/C=C/C1OCC(c2ccc(-c3ccc(-c4ccc(CCCCCCCC)c(F)c4F)cc3)c(F)c2)CO1. The van der Waals surface area contributed by atoms with Crippen LogP contribution in [0.2, 0.25) is 0 Å². The van der Waals surface area contributed by atoms with Gasteiger partial charge < -0.3 is 9.47 Å². The molecule has 1 aliphatic rings. The second kappa shape index (κ2) is 13.8. The van der Waals surface area contributed by atoms with Crippen molar-refractivity contribution in [3.63, 3.8) is 0 Å². The van der Waals surface area contributed by atoms with Crippen molar-refractivity contribution in [1.82, 2.24) is 0 Å². The molecule has 2 nitrogen and oxygen atoms in total. The summed E-state index contributed by atoms with van der Waals surface area (Å²) in [4.78, 5) is 0. The van der Waals surface area contributed by atoms with E-state index in [9.17, 15) is 8.78 Å². The number of unbranched alkanes of at least 4 members (excludes halogenated alkanes) is 5. The van der Waals surface area contributed by atoms with Gasteiger partial charge in [0.1, 0.15) is 5.82 Å². The van der Waals surface area contributed by atoms with Crippen LogP contribution >= 0.6 is 0 Å². The van der Waals surface area contributed by atoms with Crippen LogP contribution in [0.3, 0.4) is 0 Å². The highest BCUT2D eigenvalue weighted by Crippen LogP contribution is 2.32. The van der Waals surface area contributed by atoms with Crippen molar-refractivity contribution in [2.45, 2.75) is 71.0 Å². The van der Waals surface area contributed by atoms with Gasteiger partial charge in [-0.15, -0.1) is 0 Å². The van der Waals surface area contributed by atoms with Crippen LogP contribution in [0.4, 0.5) is 13.2 Å². The van der Waals surface area contributed by atoms with E-state index in [0.29, 0.717) is 41.9 Å². The fourth-order valence-corrected chi connectivity index (χ4v) is 4.93. The van der Waals surface area contributed by atoms with E-state index in [1.54, 1.807) is 42.5 Å². The minimum absolute atomic E-state index is 0.0377. The Morgan fingerprint density at radius 3 is 2.05 bits per heavy atom. The Hall–Kier alpha value is -2.89. The monoisotopic (exact) mass is 522 g/mol. The van der Waals surface area contributed by atoms with Gasteiger partial charge in [-0.1, -0.05) is 93.6 Å². The first-order valence-corrected chi connectivity index (χ1v) is 13.7. The topological polar surface area (TPSA) is 18.5 Å². The maximum absolute atomic E-state index is 15.1. The Morgan fingerprint density at radius 1 is 0.763 bits per heavy atom. The first-order valence-electron chi connectivity index (χ1n) is 13.7. The number of benzene rings is 3. The van der Waals surface area contributed by atoms with Crippen molar-refractivity contribution in [2.24, 2.45) is 0 Å². The predicted octanol–water partition coefficient (Wildman–Crippen LogP) is 9.37. The maximum Gasteiger partial charge on any atom is 0.176 e. The van der Waals surface area contributed by atoms with Crippen LogP contribution in [0.1, 0.15) is 69.4 Å². The summed E-state index contributed by atoms with van der Waals surface area (Å²) >= 11 is 0. The van der Waals surface area contributed by atoms with E-state index in [4.69, 9.17) is 9.47 Å². The van der Waals surface area contributed by atoms with Crippen molar-refractivity contribution in [3.8, 4) is 22.3 Å². The number of hydrogen-bond donors (Lipinski definition) is 0. The van der Waals surface area contributed by atoms with Gasteiger partial charge in [-0.05, 0) is 54.2 Å². The zero-order chi connectivity index (χ0) is 26.9. The summed E-state index contributed by atoms with van der Waals surface area (Å²) in [6.07, 6.45) is 10.5. The zero-order valence-electron chi connectivity index (χ0n) is 22.3. The summed E-state index contributed by atoms with van der Waals surface area (Å²) in [7, 11) is 0. The van der Waals surface area contributed by atoms with Crippen LogP contribution < -0.4 is 0 Å². The van der Waals surface area contributed by atoms with E-state index in [1.165, 1.54) is 25.3 Å². The van der Waals surface area contributed by atoms with Gasteiger partial charge in [0.25, 0.3) is 0 Å². The van der Waals surface area contributed by atoms with Crippen LogP contribution in [-0.4, -0.2) is 19.5 Å². The van der Waals surface area contributed by atoms with E-state index in [-0.39, 0.29) is 23.6 Å². The van der Waals surface area contributed by atoms with Crippen molar-refractivity contribution < 1.29 is 22.6 Å². The van der Waals surface area contributed by atoms with E-state index in [2.05, 4.69) is 6.92 Å². The average Bonchev–Trinajstić information content (AvgIpc) is 2.94. The van der Waals surface area contributed by atoms with Gasteiger partial charge in [-0.3, -0.25) is 0 Å². The van der Waals surface area contributed by atoms with Crippen molar-refractivity contribution in [1.29, 1.82) is 0 Å². The molecular formula is C33H37F3O2. The molecule has 0 N–H and O–H groups in total. The van der Waals surface area contributed by atoms with Gasteiger partial charge in [0.05, 0.1) is 13.2 Å².